The largest absolute Gasteiger partial charge is 0.389 e. The molecule has 2 N–H and O–H groups in total. The SMILES string of the molecule is CC1CCCCC1OCC(O)CNCCOCC(F)F. The second-order valence-corrected chi connectivity index (χ2v) is 5.46. The maximum Gasteiger partial charge on any atom is 0.261 e. The molecule has 0 aromatic heterocycles. The Kier molecular flexibility index (Phi) is 9.26. The van der Waals surface area contributed by atoms with E-state index in [1.54, 1.807) is 0 Å². The smallest absolute Gasteiger partial charge is 0.261 e. The number of alkyl halides is 2. The summed E-state index contributed by atoms with van der Waals surface area (Å²) in [6.07, 6.45) is 2.00. The molecule has 0 saturated heterocycles. The van der Waals surface area contributed by atoms with Gasteiger partial charge in [0.2, 0.25) is 0 Å². The van der Waals surface area contributed by atoms with Crippen molar-refractivity contribution in [2.24, 2.45) is 5.92 Å². The highest BCUT2D eigenvalue weighted by Crippen LogP contribution is 2.26. The summed E-state index contributed by atoms with van der Waals surface area (Å²) < 4.78 is 34.0. The van der Waals surface area contributed by atoms with Gasteiger partial charge in [0.05, 0.1) is 25.4 Å². The Hall–Kier alpha value is -0.300. The molecule has 0 aliphatic heterocycles. The maximum absolute atomic E-state index is 11.8. The summed E-state index contributed by atoms with van der Waals surface area (Å²) in [5.74, 6) is 0.562. The third kappa shape index (κ3) is 8.09. The zero-order valence-electron chi connectivity index (χ0n) is 12.2. The van der Waals surface area contributed by atoms with Gasteiger partial charge >= 0.3 is 0 Å². The standard InChI is InChI=1S/C14H27F2NO3/c1-11-4-2-3-5-13(11)20-9-12(18)8-17-6-7-19-10-14(15)16/h11-14,17-18H,2-10H2,1H3. The molecule has 1 rings (SSSR count). The predicted octanol–water partition coefficient (Wildman–Crippen LogP) is 1.81. The lowest BCUT2D eigenvalue weighted by Gasteiger charge is -2.29. The first kappa shape index (κ1) is 17.8. The third-order valence-corrected chi connectivity index (χ3v) is 3.58. The average Bonchev–Trinajstić information content (AvgIpc) is 2.41. The minimum Gasteiger partial charge on any atom is -0.389 e. The van der Waals surface area contributed by atoms with E-state index in [0.29, 0.717) is 25.6 Å². The molecule has 0 heterocycles. The molecule has 0 aromatic rings. The highest BCUT2D eigenvalue weighted by Gasteiger charge is 2.22. The first-order chi connectivity index (χ1) is 9.59. The topological polar surface area (TPSA) is 50.7 Å². The van der Waals surface area contributed by atoms with Crippen molar-refractivity contribution in [1.82, 2.24) is 5.32 Å². The molecular weight excluding hydrogens is 268 g/mol. The number of rotatable bonds is 10. The predicted molar refractivity (Wildman–Crippen MR) is 73.1 cm³/mol. The van der Waals surface area contributed by atoms with Gasteiger partial charge < -0.3 is 19.9 Å². The molecular formula is C14H27F2NO3. The Bertz CT molecular complexity index is 244. The van der Waals surface area contributed by atoms with Crippen LogP contribution in [0.1, 0.15) is 32.6 Å². The Morgan fingerprint density at radius 2 is 2.00 bits per heavy atom. The number of hydrogen-bond acceptors (Lipinski definition) is 4. The van der Waals surface area contributed by atoms with E-state index in [0.717, 1.165) is 6.42 Å². The molecule has 1 aliphatic carbocycles. The molecule has 0 amide bonds. The van der Waals surface area contributed by atoms with Crippen LogP contribution in [0.2, 0.25) is 0 Å². The highest BCUT2D eigenvalue weighted by atomic mass is 19.3. The Morgan fingerprint density at radius 1 is 1.25 bits per heavy atom. The number of halogens is 2. The molecule has 1 fully saturated rings. The van der Waals surface area contributed by atoms with E-state index in [1.807, 2.05) is 0 Å². The summed E-state index contributed by atoms with van der Waals surface area (Å²) >= 11 is 0. The van der Waals surface area contributed by atoms with E-state index >= 15 is 0 Å². The van der Waals surface area contributed by atoms with Crippen molar-refractivity contribution >= 4 is 0 Å². The van der Waals surface area contributed by atoms with Crippen LogP contribution in [0.25, 0.3) is 0 Å². The molecule has 0 radical (unpaired) electrons. The first-order valence-electron chi connectivity index (χ1n) is 7.46. The molecule has 3 unspecified atom stereocenters. The van der Waals surface area contributed by atoms with Crippen LogP contribution >= 0.6 is 0 Å². The third-order valence-electron chi connectivity index (χ3n) is 3.58. The number of aliphatic hydroxyl groups excluding tert-OH is 1. The van der Waals surface area contributed by atoms with Crippen LogP contribution in [-0.2, 0) is 9.47 Å². The molecule has 20 heavy (non-hydrogen) atoms. The molecule has 120 valence electrons. The number of aliphatic hydroxyl groups is 1. The van der Waals surface area contributed by atoms with Gasteiger partial charge in [-0.2, -0.15) is 0 Å². The van der Waals surface area contributed by atoms with Crippen molar-refractivity contribution in [2.45, 2.75) is 51.2 Å². The molecule has 0 spiro atoms. The maximum atomic E-state index is 11.8. The summed E-state index contributed by atoms with van der Waals surface area (Å²) in [4.78, 5) is 0. The van der Waals surface area contributed by atoms with Crippen LogP contribution in [0.5, 0.6) is 0 Å². The fourth-order valence-electron chi connectivity index (χ4n) is 2.41. The van der Waals surface area contributed by atoms with E-state index in [-0.39, 0.29) is 12.7 Å². The molecule has 6 heteroatoms. The van der Waals surface area contributed by atoms with Crippen LogP contribution < -0.4 is 5.32 Å². The van der Waals surface area contributed by atoms with Crippen molar-refractivity contribution in [3.8, 4) is 0 Å². The Labute approximate surface area is 119 Å². The second-order valence-electron chi connectivity index (χ2n) is 5.46. The van der Waals surface area contributed by atoms with Crippen LogP contribution in [0.4, 0.5) is 8.78 Å². The minimum atomic E-state index is -2.42. The number of hydrogen-bond donors (Lipinski definition) is 2. The average molecular weight is 295 g/mol. The van der Waals surface area contributed by atoms with Crippen molar-refractivity contribution in [2.75, 3.05) is 32.9 Å². The van der Waals surface area contributed by atoms with Gasteiger partial charge in [0, 0.05) is 13.1 Å². The zero-order valence-corrected chi connectivity index (χ0v) is 12.2. The minimum absolute atomic E-state index is 0.220. The van der Waals surface area contributed by atoms with Crippen molar-refractivity contribution in [3.63, 3.8) is 0 Å². The lowest BCUT2D eigenvalue weighted by Crippen LogP contribution is -2.35. The number of nitrogens with one attached hydrogen (secondary N) is 1. The molecule has 1 saturated carbocycles. The summed E-state index contributed by atoms with van der Waals surface area (Å²) in [6.45, 7) is 3.03. The van der Waals surface area contributed by atoms with Crippen LogP contribution in [0.15, 0.2) is 0 Å². The first-order valence-corrected chi connectivity index (χ1v) is 7.46. The molecule has 4 nitrogen and oxygen atoms in total. The van der Waals surface area contributed by atoms with Gasteiger partial charge in [0.15, 0.2) is 0 Å². The van der Waals surface area contributed by atoms with Gasteiger partial charge in [-0.05, 0) is 18.8 Å². The fraction of sp³-hybridized carbons (Fsp3) is 1.00. The quantitative estimate of drug-likeness (QED) is 0.604. The Balaban J connectivity index is 1.96. The van der Waals surface area contributed by atoms with Crippen molar-refractivity contribution in [1.29, 1.82) is 0 Å². The lowest BCUT2D eigenvalue weighted by atomic mass is 9.88. The molecule has 1 aliphatic rings. The van der Waals surface area contributed by atoms with Gasteiger partial charge in [0.25, 0.3) is 6.43 Å². The van der Waals surface area contributed by atoms with E-state index in [9.17, 15) is 13.9 Å². The van der Waals surface area contributed by atoms with E-state index in [2.05, 4.69) is 12.2 Å². The Morgan fingerprint density at radius 3 is 2.70 bits per heavy atom. The van der Waals surface area contributed by atoms with Crippen molar-refractivity contribution in [3.05, 3.63) is 0 Å². The monoisotopic (exact) mass is 295 g/mol. The molecule has 0 bridgehead atoms. The molecule has 0 aromatic carbocycles. The van der Waals surface area contributed by atoms with Crippen LogP contribution in [0.3, 0.4) is 0 Å². The van der Waals surface area contributed by atoms with Gasteiger partial charge in [0.1, 0.15) is 6.61 Å². The van der Waals surface area contributed by atoms with Crippen LogP contribution in [-0.4, -0.2) is 56.7 Å². The fourth-order valence-corrected chi connectivity index (χ4v) is 2.41. The summed E-state index contributed by atoms with van der Waals surface area (Å²) in [7, 11) is 0. The summed E-state index contributed by atoms with van der Waals surface area (Å²) in [5, 5.41) is 12.7. The van der Waals surface area contributed by atoms with E-state index in [4.69, 9.17) is 9.47 Å². The lowest BCUT2D eigenvalue weighted by molar-refractivity contribution is -0.0456. The number of ether oxygens (including phenoxy) is 2. The zero-order chi connectivity index (χ0) is 14.8. The van der Waals surface area contributed by atoms with Crippen LogP contribution in [0, 0.1) is 5.92 Å². The van der Waals surface area contributed by atoms with Gasteiger partial charge in [-0.3, -0.25) is 0 Å². The normalized spacial score (nSPS) is 25.1. The summed E-state index contributed by atoms with van der Waals surface area (Å²) in [5.41, 5.74) is 0. The summed E-state index contributed by atoms with van der Waals surface area (Å²) in [6, 6.07) is 0. The van der Waals surface area contributed by atoms with Gasteiger partial charge in [-0.25, -0.2) is 8.78 Å². The molecule has 3 atom stereocenters. The van der Waals surface area contributed by atoms with E-state index in [1.165, 1.54) is 19.3 Å². The van der Waals surface area contributed by atoms with E-state index < -0.39 is 19.1 Å². The highest BCUT2D eigenvalue weighted by molar-refractivity contribution is 4.73. The van der Waals surface area contributed by atoms with Gasteiger partial charge in [-0.15, -0.1) is 0 Å². The second kappa shape index (κ2) is 10.4. The van der Waals surface area contributed by atoms with Crippen molar-refractivity contribution < 1.29 is 23.4 Å². The van der Waals surface area contributed by atoms with Gasteiger partial charge in [-0.1, -0.05) is 19.8 Å².